The number of rotatable bonds is 8. The first-order chi connectivity index (χ1) is 13.6. The van der Waals surface area contributed by atoms with Crippen molar-refractivity contribution in [1.29, 1.82) is 0 Å². The Labute approximate surface area is 173 Å². The molecule has 6 nitrogen and oxygen atoms in total. The number of amides is 1. The number of nitrogens with one attached hydrogen (secondary N) is 1. The predicted molar refractivity (Wildman–Crippen MR) is 112 cm³/mol. The number of ether oxygens (including phenoxy) is 1. The number of carbonyl (C=O) groups is 1. The van der Waals surface area contributed by atoms with Crippen LogP contribution < -0.4 is 5.32 Å². The molecule has 0 aliphatic rings. The molecule has 0 saturated heterocycles. The molecule has 0 aliphatic heterocycles. The van der Waals surface area contributed by atoms with Gasteiger partial charge in [0.25, 0.3) is 0 Å². The SMILES string of the molecule is COCCNC(=O)CSc1nnc(-c2ccc(Cl)cc2)n1-c1ccc(C)cc1. The summed E-state index contributed by atoms with van der Waals surface area (Å²) in [5.41, 5.74) is 2.99. The van der Waals surface area contributed by atoms with Crippen LogP contribution in [0.15, 0.2) is 53.7 Å². The van der Waals surface area contributed by atoms with Gasteiger partial charge in [-0.05, 0) is 43.3 Å². The average Bonchev–Trinajstić information content (AvgIpc) is 3.12. The molecule has 0 aliphatic carbocycles. The van der Waals surface area contributed by atoms with Crippen LogP contribution in [-0.2, 0) is 9.53 Å². The van der Waals surface area contributed by atoms with E-state index >= 15 is 0 Å². The molecule has 3 rings (SSSR count). The van der Waals surface area contributed by atoms with E-state index in [4.69, 9.17) is 16.3 Å². The number of hydrogen-bond acceptors (Lipinski definition) is 5. The third-order valence-electron chi connectivity index (χ3n) is 3.99. The summed E-state index contributed by atoms with van der Waals surface area (Å²) in [6.07, 6.45) is 0. The Morgan fingerprint density at radius 1 is 1.14 bits per heavy atom. The summed E-state index contributed by atoms with van der Waals surface area (Å²) in [4.78, 5) is 12.0. The number of aryl methyl sites for hydroxylation is 1. The number of aromatic nitrogens is 3. The van der Waals surface area contributed by atoms with E-state index in [0.717, 1.165) is 16.8 Å². The largest absolute Gasteiger partial charge is 0.383 e. The van der Waals surface area contributed by atoms with E-state index in [1.165, 1.54) is 11.8 Å². The lowest BCUT2D eigenvalue weighted by Gasteiger charge is -2.11. The van der Waals surface area contributed by atoms with Crippen molar-refractivity contribution in [2.75, 3.05) is 26.0 Å². The number of thioether (sulfide) groups is 1. The van der Waals surface area contributed by atoms with Gasteiger partial charge in [-0.3, -0.25) is 9.36 Å². The van der Waals surface area contributed by atoms with E-state index in [1.807, 2.05) is 60.0 Å². The normalized spacial score (nSPS) is 10.8. The zero-order valence-corrected chi connectivity index (χ0v) is 17.3. The van der Waals surface area contributed by atoms with Gasteiger partial charge in [-0.2, -0.15) is 0 Å². The summed E-state index contributed by atoms with van der Waals surface area (Å²) < 4.78 is 6.90. The standard InChI is InChI=1S/C20H21ClN4O2S/c1-14-3-9-17(10-4-14)25-19(15-5-7-16(21)8-6-15)23-24-20(25)28-13-18(26)22-11-12-27-2/h3-10H,11-13H2,1-2H3,(H,22,26). The quantitative estimate of drug-likeness (QED) is 0.447. The molecule has 0 unspecified atom stereocenters. The first kappa shape index (κ1) is 20.4. The Hall–Kier alpha value is -2.35. The minimum absolute atomic E-state index is 0.0754. The lowest BCUT2D eigenvalue weighted by molar-refractivity contribution is -0.118. The van der Waals surface area contributed by atoms with Gasteiger partial charge in [0, 0.05) is 29.9 Å². The third-order valence-corrected chi connectivity index (χ3v) is 5.17. The number of methoxy groups -OCH3 is 1. The summed E-state index contributed by atoms with van der Waals surface area (Å²) in [6, 6.07) is 15.6. The highest BCUT2D eigenvalue weighted by atomic mass is 35.5. The molecule has 1 amide bonds. The van der Waals surface area contributed by atoms with Crippen LogP contribution >= 0.6 is 23.4 Å². The second-order valence-corrected chi connectivity index (χ2v) is 7.49. The van der Waals surface area contributed by atoms with Crippen molar-refractivity contribution in [3.63, 3.8) is 0 Å². The fourth-order valence-electron chi connectivity index (χ4n) is 2.55. The van der Waals surface area contributed by atoms with Crippen molar-refractivity contribution >= 4 is 29.3 Å². The Morgan fingerprint density at radius 3 is 2.54 bits per heavy atom. The van der Waals surface area contributed by atoms with Gasteiger partial charge in [-0.1, -0.05) is 41.1 Å². The number of benzene rings is 2. The summed E-state index contributed by atoms with van der Waals surface area (Å²) >= 11 is 7.36. The predicted octanol–water partition coefficient (Wildman–Crippen LogP) is 3.75. The molecule has 0 saturated carbocycles. The van der Waals surface area contributed by atoms with Crippen molar-refractivity contribution < 1.29 is 9.53 Å². The summed E-state index contributed by atoms with van der Waals surface area (Å²) in [5.74, 6) is 0.866. The van der Waals surface area contributed by atoms with Crippen molar-refractivity contribution in [1.82, 2.24) is 20.1 Å². The minimum Gasteiger partial charge on any atom is -0.383 e. The fourth-order valence-corrected chi connectivity index (χ4v) is 3.46. The highest BCUT2D eigenvalue weighted by Crippen LogP contribution is 2.28. The smallest absolute Gasteiger partial charge is 0.230 e. The molecule has 8 heteroatoms. The van der Waals surface area contributed by atoms with Gasteiger partial charge in [0.2, 0.25) is 5.91 Å². The van der Waals surface area contributed by atoms with Gasteiger partial charge in [0.1, 0.15) is 0 Å². The van der Waals surface area contributed by atoms with Crippen LogP contribution in [-0.4, -0.2) is 46.7 Å². The van der Waals surface area contributed by atoms with Crippen molar-refractivity contribution in [2.45, 2.75) is 12.1 Å². The van der Waals surface area contributed by atoms with E-state index in [-0.39, 0.29) is 11.7 Å². The Morgan fingerprint density at radius 2 is 1.86 bits per heavy atom. The zero-order chi connectivity index (χ0) is 19.9. The van der Waals surface area contributed by atoms with Crippen LogP contribution in [0.5, 0.6) is 0 Å². The zero-order valence-electron chi connectivity index (χ0n) is 15.7. The molecule has 0 fully saturated rings. The van der Waals surface area contributed by atoms with Crippen LogP contribution in [0, 0.1) is 6.92 Å². The van der Waals surface area contributed by atoms with Gasteiger partial charge in [0.15, 0.2) is 11.0 Å². The van der Waals surface area contributed by atoms with Crippen molar-refractivity contribution in [3.8, 4) is 17.1 Å². The minimum atomic E-state index is -0.0754. The highest BCUT2D eigenvalue weighted by molar-refractivity contribution is 7.99. The Kier molecular flexibility index (Phi) is 7.08. The summed E-state index contributed by atoms with van der Waals surface area (Å²) in [7, 11) is 1.60. The highest BCUT2D eigenvalue weighted by Gasteiger charge is 2.17. The Bertz CT molecular complexity index is 926. The molecule has 0 bridgehead atoms. The monoisotopic (exact) mass is 416 g/mol. The van der Waals surface area contributed by atoms with Crippen LogP contribution in [0.4, 0.5) is 0 Å². The second kappa shape index (κ2) is 9.73. The van der Waals surface area contributed by atoms with E-state index in [9.17, 15) is 4.79 Å². The number of carbonyl (C=O) groups excluding carboxylic acids is 1. The van der Waals surface area contributed by atoms with Crippen LogP contribution in [0.2, 0.25) is 5.02 Å². The first-order valence-corrected chi connectivity index (χ1v) is 10.1. The molecular formula is C20H21ClN4O2S. The molecule has 2 aromatic carbocycles. The lowest BCUT2D eigenvalue weighted by Crippen LogP contribution is -2.28. The fraction of sp³-hybridized carbons (Fsp3) is 0.250. The maximum Gasteiger partial charge on any atom is 0.230 e. The van der Waals surface area contributed by atoms with E-state index in [2.05, 4.69) is 15.5 Å². The molecule has 0 atom stereocenters. The van der Waals surface area contributed by atoms with Crippen LogP contribution in [0.3, 0.4) is 0 Å². The summed E-state index contributed by atoms with van der Waals surface area (Å²) in [6.45, 7) is 3.00. The van der Waals surface area contributed by atoms with Crippen molar-refractivity contribution in [3.05, 3.63) is 59.1 Å². The molecule has 1 aromatic heterocycles. The molecule has 1 heterocycles. The van der Waals surface area contributed by atoms with Crippen molar-refractivity contribution in [2.24, 2.45) is 0 Å². The first-order valence-electron chi connectivity index (χ1n) is 8.75. The number of halogens is 1. The molecule has 3 aromatic rings. The molecule has 1 N–H and O–H groups in total. The van der Waals surface area contributed by atoms with Gasteiger partial charge in [0.05, 0.1) is 12.4 Å². The average molecular weight is 417 g/mol. The Balaban J connectivity index is 1.88. The number of hydrogen-bond donors (Lipinski definition) is 1. The maximum atomic E-state index is 12.0. The maximum absolute atomic E-state index is 12.0. The second-order valence-electron chi connectivity index (χ2n) is 6.12. The van der Waals surface area contributed by atoms with Gasteiger partial charge in [-0.15, -0.1) is 10.2 Å². The van der Waals surface area contributed by atoms with E-state index < -0.39 is 0 Å². The lowest BCUT2D eigenvalue weighted by atomic mass is 10.2. The summed E-state index contributed by atoms with van der Waals surface area (Å²) in [5, 5.41) is 12.8. The number of nitrogens with zero attached hydrogens (tertiary/aromatic N) is 3. The third kappa shape index (κ3) is 5.13. The van der Waals surface area contributed by atoms with Crippen LogP contribution in [0.25, 0.3) is 17.1 Å². The topological polar surface area (TPSA) is 69.0 Å². The molecule has 0 radical (unpaired) electrons. The van der Waals surface area contributed by atoms with Gasteiger partial charge < -0.3 is 10.1 Å². The molecule has 28 heavy (non-hydrogen) atoms. The van der Waals surface area contributed by atoms with E-state index in [0.29, 0.717) is 29.2 Å². The van der Waals surface area contributed by atoms with E-state index in [1.54, 1.807) is 7.11 Å². The molecule has 0 spiro atoms. The van der Waals surface area contributed by atoms with Gasteiger partial charge in [-0.25, -0.2) is 0 Å². The molecular weight excluding hydrogens is 396 g/mol. The van der Waals surface area contributed by atoms with Gasteiger partial charge >= 0.3 is 0 Å². The molecule has 146 valence electrons. The van der Waals surface area contributed by atoms with Crippen LogP contribution in [0.1, 0.15) is 5.56 Å².